The number of aliphatic hydroxyl groups is 1. The first kappa shape index (κ1) is 10.7. The summed E-state index contributed by atoms with van der Waals surface area (Å²) >= 11 is 1.42. The van der Waals surface area contributed by atoms with Crippen molar-refractivity contribution in [1.29, 1.82) is 0 Å². The van der Waals surface area contributed by atoms with Crippen LogP contribution in [0.15, 0.2) is 22.6 Å². The lowest BCUT2D eigenvalue weighted by atomic mass is 10.2. The summed E-state index contributed by atoms with van der Waals surface area (Å²) in [7, 11) is 0. The molecular weight excluding hydrogens is 202 g/mol. The zero-order valence-electron chi connectivity index (χ0n) is 7.60. The Kier molecular flexibility index (Phi) is 3.61. The fraction of sp³-hybridized carbons (Fsp3) is 0.250. The summed E-state index contributed by atoms with van der Waals surface area (Å²) in [5.41, 5.74) is 7.28. The minimum Gasteiger partial charge on any atom is -0.381 e. The van der Waals surface area contributed by atoms with Gasteiger partial charge in [-0.3, -0.25) is 0 Å². The molecular formula is C8H11N3O2S. The molecule has 0 saturated carbocycles. The average Bonchev–Trinajstić information content (AvgIpc) is 2.65. The fourth-order valence-electron chi connectivity index (χ4n) is 0.857. The van der Waals surface area contributed by atoms with E-state index in [2.05, 4.69) is 10.5 Å². The first-order valence-corrected chi connectivity index (χ1v) is 4.80. The molecule has 0 saturated heterocycles. The zero-order valence-corrected chi connectivity index (χ0v) is 8.41. The summed E-state index contributed by atoms with van der Waals surface area (Å²) < 4.78 is 0. The lowest BCUT2D eigenvalue weighted by Crippen LogP contribution is -2.26. The van der Waals surface area contributed by atoms with Gasteiger partial charge >= 0.3 is 6.03 Å². The van der Waals surface area contributed by atoms with Gasteiger partial charge in [-0.2, -0.15) is 5.10 Å². The standard InChI is InChI=1S/C8H11N3O2S/c1-5(10-11-8(9)13)7(12)6-3-2-4-14-6/h2-4,7,12H,1H3,(H3,9,11,13)/b10-5-. The Morgan fingerprint density at radius 3 is 3.00 bits per heavy atom. The van der Waals surface area contributed by atoms with Crippen molar-refractivity contribution in [2.24, 2.45) is 10.8 Å². The third kappa shape index (κ3) is 2.82. The number of amides is 2. The molecule has 14 heavy (non-hydrogen) atoms. The minimum atomic E-state index is -0.790. The number of primary amides is 1. The van der Waals surface area contributed by atoms with E-state index >= 15 is 0 Å². The molecule has 6 heteroatoms. The summed E-state index contributed by atoms with van der Waals surface area (Å²) in [6.45, 7) is 1.61. The molecule has 1 atom stereocenters. The predicted octanol–water partition coefficient (Wildman–Crippen LogP) is 0.826. The van der Waals surface area contributed by atoms with Crippen LogP contribution < -0.4 is 11.2 Å². The van der Waals surface area contributed by atoms with E-state index in [1.807, 2.05) is 11.4 Å². The number of rotatable bonds is 3. The van der Waals surface area contributed by atoms with Crippen LogP contribution >= 0.6 is 11.3 Å². The van der Waals surface area contributed by atoms with Crippen LogP contribution in [0.2, 0.25) is 0 Å². The first-order valence-electron chi connectivity index (χ1n) is 3.92. The van der Waals surface area contributed by atoms with Crippen molar-refractivity contribution in [3.63, 3.8) is 0 Å². The van der Waals surface area contributed by atoms with E-state index in [-0.39, 0.29) is 0 Å². The number of nitrogens with zero attached hydrogens (tertiary/aromatic N) is 1. The summed E-state index contributed by atoms with van der Waals surface area (Å²) in [5.74, 6) is 0. The molecule has 0 spiro atoms. The number of carbonyl (C=O) groups excluding carboxylic acids is 1. The van der Waals surface area contributed by atoms with E-state index in [1.165, 1.54) is 11.3 Å². The quantitative estimate of drug-likeness (QED) is 0.513. The highest BCUT2D eigenvalue weighted by Crippen LogP contribution is 2.19. The van der Waals surface area contributed by atoms with Crippen molar-refractivity contribution < 1.29 is 9.90 Å². The third-order valence-electron chi connectivity index (χ3n) is 1.55. The Morgan fingerprint density at radius 2 is 2.50 bits per heavy atom. The van der Waals surface area contributed by atoms with Crippen LogP contribution in [0, 0.1) is 0 Å². The molecule has 0 aliphatic carbocycles. The Hall–Kier alpha value is -1.40. The van der Waals surface area contributed by atoms with Crippen LogP contribution in [0.25, 0.3) is 0 Å². The largest absolute Gasteiger partial charge is 0.381 e. The predicted molar refractivity (Wildman–Crippen MR) is 55.1 cm³/mol. The van der Waals surface area contributed by atoms with Crippen molar-refractivity contribution in [2.75, 3.05) is 0 Å². The van der Waals surface area contributed by atoms with E-state index in [0.717, 1.165) is 4.88 Å². The molecule has 1 rings (SSSR count). The Bertz CT molecular complexity index is 334. The number of aliphatic hydroxyl groups excluding tert-OH is 1. The second kappa shape index (κ2) is 4.73. The molecule has 1 unspecified atom stereocenters. The number of hydrogen-bond acceptors (Lipinski definition) is 4. The molecule has 1 heterocycles. The van der Waals surface area contributed by atoms with Crippen LogP contribution in [0.3, 0.4) is 0 Å². The van der Waals surface area contributed by atoms with Crippen molar-refractivity contribution >= 4 is 23.1 Å². The third-order valence-corrected chi connectivity index (χ3v) is 2.48. The average molecular weight is 213 g/mol. The normalized spacial score (nSPS) is 13.7. The van der Waals surface area contributed by atoms with E-state index in [4.69, 9.17) is 5.73 Å². The number of hydrogen-bond donors (Lipinski definition) is 3. The van der Waals surface area contributed by atoms with Gasteiger partial charge < -0.3 is 10.8 Å². The lowest BCUT2D eigenvalue weighted by molar-refractivity contribution is 0.245. The maximum absolute atomic E-state index is 10.3. The van der Waals surface area contributed by atoms with Gasteiger partial charge in [0.15, 0.2) is 0 Å². The van der Waals surface area contributed by atoms with Gasteiger partial charge in [-0.25, -0.2) is 10.2 Å². The van der Waals surface area contributed by atoms with E-state index in [9.17, 15) is 9.90 Å². The van der Waals surface area contributed by atoms with Gasteiger partial charge in [0.2, 0.25) is 0 Å². The van der Waals surface area contributed by atoms with Gasteiger partial charge in [-0.15, -0.1) is 11.3 Å². The smallest absolute Gasteiger partial charge is 0.332 e. The molecule has 1 aromatic rings. The number of urea groups is 1. The molecule has 0 radical (unpaired) electrons. The first-order chi connectivity index (χ1) is 6.61. The van der Waals surface area contributed by atoms with Crippen LogP contribution in [0.4, 0.5) is 4.79 Å². The van der Waals surface area contributed by atoms with E-state index in [0.29, 0.717) is 5.71 Å². The number of carbonyl (C=O) groups is 1. The van der Waals surface area contributed by atoms with Gasteiger partial charge in [0, 0.05) is 4.88 Å². The fourth-order valence-corrected chi connectivity index (χ4v) is 1.63. The molecule has 4 N–H and O–H groups in total. The van der Waals surface area contributed by atoms with Gasteiger partial charge in [0.1, 0.15) is 6.10 Å². The molecule has 5 nitrogen and oxygen atoms in total. The number of hydrazone groups is 1. The highest BCUT2D eigenvalue weighted by molar-refractivity contribution is 7.10. The minimum absolute atomic E-state index is 0.395. The monoisotopic (exact) mass is 213 g/mol. The maximum atomic E-state index is 10.3. The van der Waals surface area contributed by atoms with Gasteiger partial charge in [0.05, 0.1) is 5.71 Å². The van der Waals surface area contributed by atoms with Gasteiger partial charge in [-0.05, 0) is 18.4 Å². The lowest BCUT2D eigenvalue weighted by Gasteiger charge is -2.07. The number of thiophene rings is 1. The van der Waals surface area contributed by atoms with Crippen LogP contribution in [-0.4, -0.2) is 16.8 Å². The molecule has 0 fully saturated rings. The van der Waals surface area contributed by atoms with Crippen LogP contribution in [-0.2, 0) is 0 Å². The summed E-state index contributed by atoms with van der Waals surface area (Å²) in [4.78, 5) is 11.1. The molecule has 0 aromatic carbocycles. The van der Waals surface area contributed by atoms with Crippen molar-refractivity contribution in [1.82, 2.24) is 5.43 Å². The second-order valence-corrected chi connectivity index (χ2v) is 3.63. The molecule has 2 amide bonds. The summed E-state index contributed by atoms with van der Waals surface area (Å²) in [6, 6.07) is 2.87. The topological polar surface area (TPSA) is 87.7 Å². The van der Waals surface area contributed by atoms with E-state index < -0.39 is 12.1 Å². The van der Waals surface area contributed by atoms with Crippen molar-refractivity contribution in [3.8, 4) is 0 Å². The molecule has 0 aliphatic heterocycles. The molecule has 1 aromatic heterocycles. The van der Waals surface area contributed by atoms with E-state index in [1.54, 1.807) is 13.0 Å². The zero-order chi connectivity index (χ0) is 10.6. The highest BCUT2D eigenvalue weighted by atomic mass is 32.1. The van der Waals surface area contributed by atoms with Gasteiger partial charge in [-0.1, -0.05) is 6.07 Å². The summed E-state index contributed by atoms with van der Waals surface area (Å²) in [6.07, 6.45) is -0.790. The number of nitrogens with two attached hydrogens (primary N) is 1. The number of nitrogens with one attached hydrogen (secondary N) is 1. The Balaban J connectivity index is 2.65. The molecule has 0 bridgehead atoms. The van der Waals surface area contributed by atoms with Crippen LogP contribution in [0.1, 0.15) is 17.9 Å². The second-order valence-electron chi connectivity index (χ2n) is 2.65. The Labute approximate surface area is 85.2 Å². The summed E-state index contributed by atoms with van der Waals surface area (Å²) in [5, 5.41) is 15.2. The van der Waals surface area contributed by atoms with Crippen molar-refractivity contribution in [3.05, 3.63) is 22.4 Å². The van der Waals surface area contributed by atoms with Gasteiger partial charge in [0.25, 0.3) is 0 Å². The highest BCUT2D eigenvalue weighted by Gasteiger charge is 2.11. The maximum Gasteiger partial charge on any atom is 0.332 e. The Morgan fingerprint density at radius 1 is 1.79 bits per heavy atom. The molecule has 0 aliphatic rings. The van der Waals surface area contributed by atoms with Crippen LogP contribution in [0.5, 0.6) is 0 Å². The SMILES string of the molecule is C/C(=N/NC(N)=O)C(O)c1cccs1. The molecule has 76 valence electrons. The van der Waals surface area contributed by atoms with Crippen molar-refractivity contribution in [2.45, 2.75) is 13.0 Å².